The summed E-state index contributed by atoms with van der Waals surface area (Å²) in [6.45, 7) is 2.13. The van der Waals surface area contributed by atoms with Crippen molar-refractivity contribution in [3.8, 4) is 11.3 Å². The SMILES string of the molecule is CCCc1nc(Br)cc(-c2ccccc2Br)n1. The van der Waals surface area contributed by atoms with Gasteiger partial charge in [-0.1, -0.05) is 41.1 Å². The summed E-state index contributed by atoms with van der Waals surface area (Å²) in [7, 11) is 0. The summed E-state index contributed by atoms with van der Waals surface area (Å²) < 4.78 is 1.88. The second-order valence-electron chi connectivity index (χ2n) is 3.72. The van der Waals surface area contributed by atoms with Crippen molar-refractivity contribution in [3.05, 3.63) is 45.2 Å². The Morgan fingerprint density at radius 2 is 1.88 bits per heavy atom. The fourth-order valence-corrected chi connectivity index (χ4v) is 2.52. The zero-order valence-corrected chi connectivity index (χ0v) is 12.6. The van der Waals surface area contributed by atoms with Crippen LogP contribution >= 0.6 is 31.9 Å². The average Bonchev–Trinajstić information content (AvgIpc) is 2.29. The lowest BCUT2D eigenvalue weighted by Crippen LogP contribution is -1.97. The molecule has 0 saturated heterocycles. The third-order valence-electron chi connectivity index (χ3n) is 2.36. The van der Waals surface area contributed by atoms with Gasteiger partial charge in [-0.05, 0) is 34.5 Å². The molecule has 0 unspecified atom stereocenters. The molecule has 1 aromatic carbocycles. The van der Waals surface area contributed by atoms with E-state index in [0.29, 0.717) is 0 Å². The van der Waals surface area contributed by atoms with Crippen molar-refractivity contribution in [2.75, 3.05) is 0 Å². The van der Waals surface area contributed by atoms with Gasteiger partial charge in [-0.2, -0.15) is 0 Å². The summed E-state index contributed by atoms with van der Waals surface area (Å²) in [5.74, 6) is 0.882. The van der Waals surface area contributed by atoms with Crippen LogP contribution in [0.2, 0.25) is 0 Å². The number of hydrogen-bond donors (Lipinski definition) is 0. The second kappa shape index (κ2) is 5.74. The molecular weight excluding hydrogens is 344 g/mol. The van der Waals surface area contributed by atoms with E-state index in [1.54, 1.807) is 0 Å². The van der Waals surface area contributed by atoms with Gasteiger partial charge >= 0.3 is 0 Å². The third kappa shape index (κ3) is 3.13. The molecule has 88 valence electrons. The van der Waals surface area contributed by atoms with Crippen molar-refractivity contribution in [1.82, 2.24) is 9.97 Å². The molecule has 2 aromatic rings. The molecule has 0 aliphatic heterocycles. The molecule has 2 rings (SSSR count). The van der Waals surface area contributed by atoms with Gasteiger partial charge in [0.05, 0.1) is 5.69 Å². The predicted molar refractivity (Wildman–Crippen MR) is 76.9 cm³/mol. The molecule has 0 radical (unpaired) electrons. The van der Waals surface area contributed by atoms with Crippen molar-refractivity contribution < 1.29 is 0 Å². The normalized spacial score (nSPS) is 10.5. The lowest BCUT2D eigenvalue weighted by atomic mass is 10.1. The molecule has 2 nitrogen and oxygen atoms in total. The highest BCUT2D eigenvalue weighted by Gasteiger charge is 2.07. The largest absolute Gasteiger partial charge is 0.233 e. The number of aryl methyl sites for hydroxylation is 1. The number of benzene rings is 1. The van der Waals surface area contributed by atoms with Crippen LogP contribution in [0.1, 0.15) is 19.2 Å². The molecule has 1 heterocycles. The van der Waals surface area contributed by atoms with E-state index in [1.807, 2.05) is 24.3 Å². The Morgan fingerprint density at radius 3 is 2.59 bits per heavy atom. The Bertz CT molecular complexity index is 527. The van der Waals surface area contributed by atoms with Gasteiger partial charge in [0, 0.05) is 16.5 Å². The molecule has 0 amide bonds. The summed E-state index contributed by atoms with van der Waals surface area (Å²) in [6, 6.07) is 10.0. The molecule has 0 spiro atoms. The van der Waals surface area contributed by atoms with Gasteiger partial charge in [0.2, 0.25) is 0 Å². The minimum atomic E-state index is 0.835. The fourth-order valence-electron chi connectivity index (χ4n) is 1.61. The first-order chi connectivity index (χ1) is 8.20. The van der Waals surface area contributed by atoms with E-state index >= 15 is 0 Å². The first-order valence-electron chi connectivity index (χ1n) is 5.49. The van der Waals surface area contributed by atoms with Gasteiger partial charge in [-0.25, -0.2) is 9.97 Å². The van der Waals surface area contributed by atoms with E-state index in [-0.39, 0.29) is 0 Å². The lowest BCUT2D eigenvalue weighted by Gasteiger charge is -2.06. The van der Waals surface area contributed by atoms with Crippen molar-refractivity contribution in [3.63, 3.8) is 0 Å². The molecule has 17 heavy (non-hydrogen) atoms. The van der Waals surface area contributed by atoms with Crippen LogP contribution in [0.3, 0.4) is 0 Å². The van der Waals surface area contributed by atoms with E-state index in [9.17, 15) is 0 Å². The minimum Gasteiger partial charge on any atom is -0.233 e. The molecule has 0 atom stereocenters. The Hall–Kier alpha value is -0.740. The quantitative estimate of drug-likeness (QED) is 0.750. The summed E-state index contributed by atoms with van der Waals surface area (Å²) in [4.78, 5) is 8.95. The van der Waals surface area contributed by atoms with Crippen LogP contribution in [-0.2, 0) is 6.42 Å². The molecule has 0 fully saturated rings. The van der Waals surface area contributed by atoms with E-state index in [4.69, 9.17) is 0 Å². The van der Waals surface area contributed by atoms with Crippen LogP contribution in [0.15, 0.2) is 39.4 Å². The van der Waals surface area contributed by atoms with Gasteiger partial charge in [0.1, 0.15) is 10.4 Å². The number of rotatable bonds is 3. The molecule has 0 N–H and O–H groups in total. The van der Waals surface area contributed by atoms with E-state index in [2.05, 4.69) is 54.8 Å². The zero-order chi connectivity index (χ0) is 12.3. The predicted octanol–water partition coefficient (Wildman–Crippen LogP) is 4.62. The summed E-state index contributed by atoms with van der Waals surface area (Å²) in [5.41, 5.74) is 2.04. The van der Waals surface area contributed by atoms with E-state index in [1.165, 1.54) is 0 Å². The highest BCUT2D eigenvalue weighted by Crippen LogP contribution is 2.27. The summed E-state index contributed by atoms with van der Waals surface area (Å²) >= 11 is 6.98. The average molecular weight is 356 g/mol. The fraction of sp³-hybridized carbons (Fsp3) is 0.231. The Labute approximate surface area is 118 Å². The van der Waals surface area contributed by atoms with E-state index in [0.717, 1.165) is 39.0 Å². The number of aromatic nitrogens is 2. The van der Waals surface area contributed by atoms with Gasteiger partial charge in [-0.3, -0.25) is 0 Å². The highest BCUT2D eigenvalue weighted by molar-refractivity contribution is 9.10. The van der Waals surface area contributed by atoms with Crippen LogP contribution in [0.4, 0.5) is 0 Å². The van der Waals surface area contributed by atoms with Crippen LogP contribution in [0.25, 0.3) is 11.3 Å². The molecule has 1 aromatic heterocycles. The number of hydrogen-bond acceptors (Lipinski definition) is 2. The van der Waals surface area contributed by atoms with Crippen LogP contribution in [-0.4, -0.2) is 9.97 Å². The van der Waals surface area contributed by atoms with Crippen LogP contribution < -0.4 is 0 Å². The van der Waals surface area contributed by atoms with Crippen LogP contribution in [0.5, 0.6) is 0 Å². The zero-order valence-electron chi connectivity index (χ0n) is 9.45. The second-order valence-corrected chi connectivity index (χ2v) is 5.39. The van der Waals surface area contributed by atoms with Gasteiger partial charge < -0.3 is 0 Å². The van der Waals surface area contributed by atoms with Gasteiger partial charge in [0.25, 0.3) is 0 Å². The Kier molecular flexibility index (Phi) is 4.29. The Balaban J connectivity index is 2.48. The van der Waals surface area contributed by atoms with Crippen molar-refractivity contribution in [1.29, 1.82) is 0 Å². The first kappa shape index (κ1) is 12.7. The lowest BCUT2D eigenvalue weighted by molar-refractivity contribution is 0.831. The maximum absolute atomic E-state index is 4.58. The first-order valence-corrected chi connectivity index (χ1v) is 7.07. The van der Waals surface area contributed by atoms with Crippen LogP contribution in [0, 0.1) is 0 Å². The van der Waals surface area contributed by atoms with Crippen molar-refractivity contribution in [2.45, 2.75) is 19.8 Å². The number of nitrogens with zero attached hydrogens (tertiary/aromatic N) is 2. The topological polar surface area (TPSA) is 25.8 Å². The molecular formula is C13H12Br2N2. The molecule has 4 heteroatoms. The molecule has 0 aliphatic rings. The monoisotopic (exact) mass is 354 g/mol. The summed E-state index contributed by atoms with van der Waals surface area (Å²) in [6.07, 6.45) is 1.95. The smallest absolute Gasteiger partial charge is 0.130 e. The van der Waals surface area contributed by atoms with Crippen molar-refractivity contribution >= 4 is 31.9 Å². The highest BCUT2D eigenvalue weighted by atomic mass is 79.9. The number of halogens is 2. The Morgan fingerprint density at radius 1 is 1.12 bits per heavy atom. The molecule has 0 aliphatic carbocycles. The standard InChI is InChI=1S/C13H12Br2N2/c1-2-5-13-16-11(8-12(15)17-13)9-6-3-4-7-10(9)14/h3-4,6-8H,2,5H2,1H3. The maximum Gasteiger partial charge on any atom is 0.130 e. The molecule has 0 bridgehead atoms. The maximum atomic E-state index is 4.58. The van der Waals surface area contributed by atoms with Gasteiger partial charge in [0.15, 0.2) is 0 Å². The summed E-state index contributed by atoms with van der Waals surface area (Å²) in [5, 5.41) is 0. The minimum absolute atomic E-state index is 0.835. The van der Waals surface area contributed by atoms with E-state index < -0.39 is 0 Å². The third-order valence-corrected chi connectivity index (χ3v) is 3.46. The van der Waals surface area contributed by atoms with Gasteiger partial charge in [-0.15, -0.1) is 0 Å². The van der Waals surface area contributed by atoms with Crippen molar-refractivity contribution in [2.24, 2.45) is 0 Å². The molecule has 0 saturated carbocycles.